The van der Waals surface area contributed by atoms with Crippen molar-refractivity contribution in [3.05, 3.63) is 59.7 Å². The summed E-state index contributed by atoms with van der Waals surface area (Å²) in [5.74, 6) is 0.499. The zero-order valence-electron chi connectivity index (χ0n) is 16.9. The quantitative estimate of drug-likeness (QED) is 0.644. The van der Waals surface area contributed by atoms with Crippen LogP contribution in [-0.2, 0) is 10.0 Å². The minimum atomic E-state index is -3.63. The fourth-order valence-electron chi connectivity index (χ4n) is 2.85. The van der Waals surface area contributed by atoms with E-state index in [0.29, 0.717) is 37.4 Å². The third-order valence-corrected chi connectivity index (χ3v) is 6.74. The predicted molar refractivity (Wildman–Crippen MR) is 110 cm³/mol. The van der Waals surface area contributed by atoms with Crippen molar-refractivity contribution >= 4 is 15.9 Å². The van der Waals surface area contributed by atoms with Gasteiger partial charge in [0.15, 0.2) is 0 Å². The highest BCUT2D eigenvalue weighted by molar-refractivity contribution is 7.89. The topological polar surface area (TPSA) is 66.9 Å². The van der Waals surface area contributed by atoms with E-state index in [-0.39, 0.29) is 10.8 Å². The van der Waals surface area contributed by atoms with Crippen molar-refractivity contribution < 1.29 is 17.9 Å². The molecule has 0 aliphatic rings. The van der Waals surface area contributed by atoms with Crippen molar-refractivity contribution in [1.82, 2.24) is 9.21 Å². The Hall–Kier alpha value is -2.38. The number of likely N-dealkylation sites (N-methyl/N-ethyl adjacent to an activating group) is 1. The molecular formula is C21H28N2O4S. The van der Waals surface area contributed by atoms with Crippen molar-refractivity contribution in [1.29, 1.82) is 0 Å². The molecule has 152 valence electrons. The number of sulfonamides is 1. The van der Waals surface area contributed by atoms with Crippen LogP contribution in [0.5, 0.6) is 5.75 Å². The molecule has 2 rings (SSSR count). The number of ether oxygens (including phenoxy) is 1. The standard InChI is InChI=1S/C21H28N2O4S/c1-5-23(6-2)28(25,26)20-16-18(13-12-17(20)3)21(24)22(4)14-15-27-19-10-8-7-9-11-19/h7-13,16H,5-6,14-15H2,1-4H3. The zero-order chi connectivity index (χ0) is 20.7. The monoisotopic (exact) mass is 404 g/mol. The first kappa shape index (κ1) is 21.9. The Morgan fingerprint density at radius 2 is 1.68 bits per heavy atom. The molecule has 2 aromatic carbocycles. The number of amides is 1. The van der Waals surface area contributed by atoms with Crippen LogP contribution in [0.15, 0.2) is 53.4 Å². The van der Waals surface area contributed by atoms with Gasteiger partial charge in [-0.05, 0) is 36.8 Å². The van der Waals surface area contributed by atoms with E-state index in [4.69, 9.17) is 4.74 Å². The minimum absolute atomic E-state index is 0.177. The third kappa shape index (κ3) is 5.11. The first-order chi connectivity index (χ1) is 13.3. The van der Waals surface area contributed by atoms with Crippen LogP contribution in [0.1, 0.15) is 29.8 Å². The normalized spacial score (nSPS) is 11.5. The molecular weight excluding hydrogens is 376 g/mol. The van der Waals surface area contributed by atoms with Gasteiger partial charge in [0, 0.05) is 25.7 Å². The fourth-order valence-corrected chi connectivity index (χ4v) is 4.56. The summed E-state index contributed by atoms with van der Waals surface area (Å²) in [5, 5.41) is 0. The van der Waals surface area contributed by atoms with Crippen molar-refractivity contribution in [2.75, 3.05) is 33.3 Å². The maximum absolute atomic E-state index is 12.9. The Morgan fingerprint density at radius 3 is 2.29 bits per heavy atom. The van der Waals surface area contributed by atoms with Crippen LogP contribution in [0, 0.1) is 6.92 Å². The van der Waals surface area contributed by atoms with Gasteiger partial charge in [0.05, 0.1) is 11.4 Å². The lowest BCUT2D eigenvalue weighted by Gasteiger charge is -2.21. The van der Waals surface area contributed by atoms with Gasteiger partial charge in [-0.25, -0.2) is 8.42 Å². The van der Waals surface area contributed by atoms with Crippen molar-refractivity contribution in [2.24, 2.45) is 0 Å². The number of para-hydroxylation sites is 1. The highest BCUT2D eigenvalue weighted by Crippen LogP contribution is 2.22. The van der Waals surface area contributed by atoms with E-state index in [1.54, 1.807) is 40.0 Å². The van der Waals surface area contributed by atoms with E-state index >= 15 is 0 Å². The summed E-state index contributed by atoms with van der Waals surface area (Å²) in [5.41, 5.74) is 0.969. The van der Waals surface area contributed by atoms with Crippen LogP contribution >= 0.6 is 0 Å². The van der Waals surface area contributed by atoms with Gasteiger partial charge < -0.3 is 9.64 Å². The van der Waals surface area contributed by atoms with Gasteiger partial charge in [0.1, 0.15) is 12.4 Å². The molecule has 2 aromatic rings. The molecule has 0 N–H and O–H groups in total. The number of nitrogens with zero attached hydrogens (tertiary/aromatic N) is 2. The molecule has 7 heteroatoms. The first-order valence-corrected chi connectivity index (χ1v) is 10.8. The second-order valence-electron chi connectivity index (χ2n) is 6.46. The van der Waals surface area contributed by atoms with E-state index in [0.717, 1.165) is 5.75 Å². The van der Waals surface area contributed by atoms with E-state index < -0.39 is 10.0 Å². The predicted octanol–water partition coefficient (Wildman–Crippen LogP) is 3.18. The second-order valence-corrected chi connectivity index (χ2v) is 8.36. The van der Waals surface area contributed by atoms with Crippen LogP contribution in [-0.4, -0.2) is 56.8 Å². The lowest BCUT2D eigenvalue weighted by Crippen LogP contribution is -2.32. The van der Waals surface area contributed by atoms with Crippen LogP contribution in [0.2, 0.25) is 0 Å². The number of benzene rings is 2. The molecule has 0 aromatic heterocycles. The van der Waals surface area contributed by atoms with Crippen LogP contribution in [0.3, 0.4) is 0 Å². The second kappa shape index (κ2) is 9.71. The van der Waals surface area contributed by atoms with Gasteiger partial charge >= 0.3 is 0 Å². The number of rotatable bonds is 9. The molecule has 6 nitrogen and oxygen atoms in total. The molecule has 0 fully saturated rings. The average Bonchev–Trinajstić information content (AvgIpc) is 2.69. The Labute approximate surface area is 167 Å². The molecule has 0 aliphatic carbocycles. The maximum Gasteiger partial charge on any atom is 0.253 e. The molecule has 0 heterocycles. The molecule has 0 atom stereocenters. The number of aryl methyl sites for hydroxylation is 1. The van der Waals surface area contributed by atoms with E-state index in [1.165, 1.54) is 15.3 Å². The van der Waals surface area contributed by atoms with Gasteiger partial charge in [0.2, 0.25) is 10.0 Å². The average molecular weight is 405 g/mol. The van der Waals surface area contributed by atoms with Crippen molar-refractivity contribution in [3.8, 4) is 5.75 Å². The molecule has 0 bridgehead atoms. The van der Waals surface area contributed by atoms with Crippen molar-refractivity contribution in [2.45, 2.75) is 25.7 Å². The molecule has 0 saturated heterocycles. The lowest BCUT2D eigenvalue weighted by atomic mass is 10.1. The molecule has 0 saturated carbocycles. The summed E-state index contributed by atoms with van der Waals surface area (Å²) < 4.78 is 32.8. The van der Waals surface area contributed by atoms with E-state index in [9.17, 15) is 13.2 Å². The molecule has 1 amide bonds. The Morgan fingerprint density at radius 1 is 1.04 bits per heavy atom. The summed E-state index contributed by atoms with van der Waals surface area (Å²) >= 11 is 0. The Bertz CT molecular complexity index is 894. The molecule has 0 radical (unpaired) electrons. The summed E-state index contributed by atoms with van der Waals surface area (Å²) in [7, 11) is -1.95. The summed E-state index contributed by atoms with van der Waals surface area (Å²) in [6.07, 6.45) is 0. The van der Waals surface area contributed by atoms with Gasteiger partial charge in [-0.2, -0.15) is 4.31 Å². The van der Waals surface area contributed by atoms with Crippen LogP contribution < -0.4 is 4.74 Å². The van der Waals surface area contributed by atoms with E-state index in [2.05, 4.69) is 0 Å². The van der Waals surface area contributed by atoms with E-state index in [1.807, 2.05) is 30.3 Å². The van der Waals surface area contributed by atoms with Crippen LogP contribution in [0.25, 0.3) is 0 Å². The summed E-state index contributed by atoms with van der Waals surface area (Å²) in [6.45, 7) is 6.84. The maximum atomic E-state index is 12.9. The number of carbonyl (C=O) groups excluding carboxylic acids is 1. The molecule has 0 spiro atoms. The SMILES string of the molecule is CCN(CC)S(=O)(=O)c1cc(C(=O)N(C)CCOc2ccccc2)ccc1C. The minimum Gasteiger partial charge on any atom is -0.492 e. The molecule has 28 heavy (non-hydrogen) atoms. The molecule has 0 unspecified atom stereocenters. The zero-order valence-corrected chi connectivity index (χ0v) is 17.7. The highest BCUT2D eigenvalue weighted by atomic mass is 32.2. The Balaban J connectivity index is 2.13. The Kier molecular flexibility index (Phi) is 7.60. The van der Waals surface area contributed by atoms with Gasteiger partial charge in [0.25, 0.3) is 5.91 Å². The lowest BCUT2D eigenvalue weighted by molar-refractivity contribution is 0.0773. The van der Waals surface area contributed by atoms with Gasteiger partial charge in [-0.3, -0.25) is 4.79 Å². The van der Waals surface area contributed by atoms with Gasteiger partial charge in [-0.1, -0.05) is 38.1 Å². The highest BCUT2D eigenvalue weighted by Gasteiger charge is 2.25. The van der Waals surface area contributed by atoms with Crippen LogP contribution in [0.4, 0.5) is 0 Å². The summed E-state index contributed by atoms with van der Waals surface area (Å²) in [6, 6.07) is 14.2. The number of hydrogen-bond acceptors (Lipinski definition) is 4. The summed E-state index contributed by atoms with van der Waals surface area (Å²) in [4.78, 5) is 14.5. The fraction of sp³-hybridized carbons (Fsp3) is 0.381. The largest absolute Gasteiger partial charge is 0.492 e. The number of hydrogen-bond donors (Lipinski definition) is 0. The first-order valence-electron chi connectivity index (χ1n) is 9.35. The number of carbonyl (C=O) groups is 1. The van der Waals surface area contributed by atoms with Crippen molar-refractivity contribution in [3.63, 3.8) is 0 Å². The molecule has 0 aliphatic heterocycles. The smallest absolute Gasteiger partial charge is 0.253 e. The van der Waals surface area contributed by atoms with Gasteiger partial charge in [-0.15, -0.1) is 0 Å². The third-order valence-electron chi connectivity index (χ3n) is 4.54.